The fourth-order valence-electron chi connectivity index (χ4n) is 2.02. The topological polar surface area (TPSA) is 132 Å². The van der Waals surface area contributed by atoms with Gasteiger partial charge in [0.1, 0.15) is 12.0 Å². The Morgan fingerprint density at radius 1 is 1.25 bits per heavy atom. The van der Waals surface area contributed by atoms with Crippen LogP contribution >= 0.6 is 11.6 Å². The van der Waals surface area contributed by atoms with Crippen molar-refractivity contribution in [3.05, 3.63) is 57.6 Å². The molecule has 0 radical (unpaired) electrons. The van der Waals surface area contributed by atoms with E-state index in [2.05, 4.69) is 15.8 Å². The average Bonchev–Trinajstić information content (AvgIpc) is 2.65. The molecule has 0 bridgehead atoms. The molecule has 11 heteroatoms. The second-order valence-corrected chi connectivity index (χ2v) is 5.63. The fourth-order valence-corrected chi connectivity index (χ4v) is 2.19. The molecule has 2 aromatic rings. The van der Waals surface area contributed by atoms with E-state index in [1.54, 1.807) is 12.1 Å². The summed E-state index contributed by atoms with van der Waals surface area (Å²) in [4.78, 5) is 38.4. The monoisotopic (exact) mass is 406 g/mol. The van der Waals surface area contributed by atoms with Crippen LogP contribution in [0.3, 0.4) is 0 Å². The second kappa shape index (κ2) is 9.88. The number of ether oxygens (including phenoxy) is 1. The van der Waals surface area contributed by atoms with Gasteiger partial charge in [0, 0.05) is 22.8 Å². The summed E-state index contributed by atoms with van der Waals surface area (Å²) in [5, 5.41) is 19.4. The number of benzene rings is 2. The maximum absolute atomic E-state index is 11.9. The van der Waals surface area contributed by atoms with E-state index in [1.807, 2.05) is 0 Å². The molecule has 0 heterocycles. The Hall–Kier alpha value is -3.66. The number of methoxy groups -OCH3 is 1. The molecule has 0 aliphatic rings. The molecule has 0 saturated heterocycles. The number of nitro benzene ring substituents is 1. The minimum Gasteiger partial charge on any atom is -0.495 e. The van der Waals surface area contributed by atoms with Crippen LogP contribution in [0.25, 0.3) is 0 Å². The van der Waals surface area contributed by atoms with Gasteiger partial charge in [-0.2, -0.15) is 0 Å². The lowest BCUT2D eigenvalue weighted by atomic mass is 10.3. The summed E-state index contributed by atoms with van der Waals surface area (Å²) in [7, 11) is 1.44. The van der Waals surface area contributed by atoms with Crippen molar-refractivity contribution >= 4 is 46.7 Å². The van der Waals surface area contributed by atoms with Gasteiger partial charge in [-0.3, -0.25) is 19.7 Å². The number of halogens is 1. The van der Waals surface area contributed by atoms with Crippen LogP contribution in [0.2, 0.25) is 5.02 Å². The number of nitro groups is 1. The number of amides is 2. The molecular weight excluding hydrogens is 392 g/mol. The van der Waals surface area contributed by atoms with E-state index in [0.717, 1.165) is 6.21 Å². The van der Waals surface area contributed by atoms with Crippen molar-refractivity contribution in [3.8, 4) is 5.75 Å². The smallest absolute Gasteiger partial charge is 0.271 e. The maximum atomic E-state index is 11.9. The van der Waals surface area contributed by atoms with Crippen LogP contribution in [0.1, 0.15) is 0 Å². The molecule has 0 saturated carbocycles. The lowest BCUT2D eigenvalue weighted by molar-refractivity contribution is -0.384. The van der Waals surface area contributed by atoms with Crippen LogP contribution in [0.15, 0.2) is 47.6 Å². The molecule has 0 aromatic heterocycles. The predicted molar refractivity (Wildman–Crippen MR) is 103 cm³/mol. The number of carbonyl (C=O) groups is 2. The highest BCUT2D eigenvalue weighted by molar-refractivity contribution is 6.31. The first kappa shape index (κ1) is 20.6. The highest BCUT2D eigenvalue weighted by Gasteiger charge is 2.09. The Balaban J connectivity index is 1.82. The van der Waals surface area contributed by atoms with E-state index in [9.17, 15) is 19.7 Å². The third kappa shape index (κ3) is 6.25. The molecule has 0 unspecified atom stereocenters. The Kier molecular flexibility index (Phi) is 7.28. The van der Waals surface area contributed by atoms with Gasteiger partial charge in [-0.25, -0.2) is 0 Å². The molecule has 0 atom stereocenters. The second-order valence-electron chi connectivity index (χ2n) is 5.20. The quantitative estimate of drug-likeness (QED) is 0.393. The number of hydrogen-bond donors (Lipinski definition) is 2. The summed E-state index contributed by atoms with van der Waals surface area (Å²) >= 11 is 5.87. The number of oxime groups is 1. The van der Waals surface area contributed by atoms with Crippen molar-refractivity contribution in [1.82, 2.24) is 0 Å². The minimum absolute atomic E-state index is 0.167. The Morgan fingerprint density at radius 2 is 2.04 bits per heavy atom. The van der Waals surface area contributed by atoms with E-state index >= 15 is 0 Å². The molecule has 10 nitrogen and oxygen atoms in total. The highest BCUT2D eigenvalue weighted by Crippen LogP contribution is 2.27. The number of rotatable bonds is 8. The largest absolute Gasteiger partial charge is 0.495 e. The molecule has 2 aromatic carbocycles. The standard InChI is InChI=1S/C17H15ClN4O6/c1-27-15-6-5-11(18)7-14(15)21-17(24)10-28-19-9-16(23)20-12-3-2-4-13(8-12)22(25)26/h2-9H,10H2,1H3,(H,20,23)(H,21,24)/b19-9-. The molecule has 28 heavy (non-hydrogen) atoms. The summed E-state index contributed by atoms with van der Waals surface area (Å²) in [5.74, 6) is -0.813. The normalized spacial score (nSPS) is 10.4. The fraction of sp³-hybridized carbons (Fsp3) is 0.118. The van der Waals surface area contributed by atoms with Gasteiger partial charge in [0.25, 0.3) is 17.5 Å². The van der Waals surface area contributed by atoms with Gasteiger partial charge in [0.15, 0.2) is 6.61 Å². The van der Waals surface area contributed by atoms with Crippen molar-refractivity contribution < 1.29 is 24.1 Å². The number of nitrogens with one attached hydrogen (secondary N) is 2. The van der Waals surface area contributed by atoms with Crippen LogP contribution in [0.4, 0.5) is 17.1 Å². The zero-order valence-electron chi connectivity index (χ0n) is 14.5. The summed E-state index contributed by atoms with van der Waals surface area (Å²) in [6.07, 6.45) is 0.798. The maximum Gasteiger partial charge on any atom is 0.271 e. The SMILES string of the molecule is COc1ccc(Cl)cc1NC(=O)CO/N=C\C(=O)Nc1cccc([N+](=O)[O-])c1. The van der Waals surface area contributed by atoms with Crippen LogP contribution in [-0.4, -0.2) is 36.7 Å². The molecule has 0 aliphatic heterocycles. The molecule has 2 rings (SSSR count). The van der Waals surface area contributed by atoms with Crippen LogP contribution < -0.4 is 15.4 Å². The highest BCUT2D eigenvalue weighted by atomic mass is 35.5. The number of non-ortho nitro benzene ring substituents is 1. The molecule has 0 aliphatic carbocycles. The van der Waals surface area contributed by atoms with E-state index in [0.29, 0.717) is 16.5 Å². The van der Waals surface area contributed by atoms with Crippen molar-refractivity contribution in [1.29, 1.82) is 0 Å². The lowest BCUT2D eigenvalue weighted by Crippen LogP contribution is -2.18. The van der Waals surface area contributed by atoms with Crippen molar-refractivity contribution in [2.75, 3.05) is 24.4 Å². The summed E-state index contributed by atoms with van der Waals surface area (Å²) in [6, 6.07) is 10.1. The third-order valence-corrected chi connectivity index (χ3v) is 3.44. The van der Waals surface area contributed by atoms with Crippen molar-refractivity contribution in [2.24, 2.45) is 5.16 Å². The van der Waals surface area contributed by atoms with Gasteiger partial charge >= 0.3 is 0 Å². The minimum atomic E-state index is -0.683. The van der Waals surface area contributed by atoms with E-state index < -0.39 is 23.3 Å². The summed E-state index contributed by atoms with van der Waals surface area (Å²) < 4.78 is 5.10. The van der Waals surface area contributed by atoms with E-state index in [1.165, 1.54) is 37.4 Å². The predicted octanol–water partition coefficient (Wildman–Crippen LogP) is 2.84. The van der Waals surface area contributed by atoms with Gasteiger partial charge in [-0.15, -0.1) is 0 Å². The Bertz CT molecular complexity index is 918. The van der Waals surface area contributed by atoms with Gasteiger partial charge < -0.3 is 20.2 Å². The molecule has 0 fully saturated rings. The van der Waals surface area contributed by atoms with Crippen LogP contribution in [0, 0.1) is 10.1 Å². The average molecular weight is 407 g/mol. The first-order chi connectivity index (χ1) is 13.4. The summed E-state index contributed by atoms with van der Waals surface area (Å²) in [6.45, 7) is -0.462. The Morgan fingerprint density at radius 3 is 2.75 bits per heavy atom. The zero-order chi connectivity index (χ0) is 20.5. The number of hydrogen-bond acceptors (Lipinski definition) is 7. The summed E-state index contributed by atoms with van der Waals surface area (Å²) in [5.41, 5.74) is 0.409. The van der Waals surface area contributed by atoms with Gasteiger partial charge in [-0.1, -0.05) is 22.8 Å². The van der Waals surface area contributed by atoms with Gasteiger partial charge in [-0.05, 0) is 24.3 Å². The first-order valence-corrected chi connectivity index (χ1v) is 8.11. The molecule has 2 N–H and O–H groups in total. The first-order valence-electron chi connectivity index (χ1n) is 7.73. The van der Waals surface area contributed by atoms with Crippen LogP contribution in [-0.2, 0) is 14.4 Å². The molecular formula is C17H15ClN4O6. The number of nitrogens with zero attached hydrogens (tertiary/aromatic N) is 2. The van der Waals surface area contributed by atoms with Crippen molar-refractivity contribution in [2.45, 2.75) is 0 Å². The molecule has 0 spiro atoms. The van der Waals surface area contributed by atoms with Gasteiger partial charge in [0.2, 0.25) is 0 Å². The third-order valence-electron chi connectivity index (χ3n) is 3.20. The van der Waals surface area contributed by atoms with E-state index in [4.69, 9.17) is 21.2 Å². The lowest BCUT2D eigenvalue weighted by Gasteiger charge is -2.09. The molecule has 2 amide bonds. The van der Waals surface area contributed by atoms with Crippen LogP contribution in [0.5, 0.6) is 5.75 Å². The zero-order valence-corrected chi connectivity index (χ0v) is 15.3. The van der Waals surface area contributed by atoms with Crippen molar-refractivity contribution in [3.63, 3.8) is 0 Å². The number of carbonyl (C=O) groups excluding carboxylic acids is 2. The van der Waals surface area contributed by atoms with Gasteiger partial charge in [0.05, 0.1) is 17.7 Å². The number of anilines is 2. The van der Waals surface area contributed by atoms with E-state index in [-0.39, 0.29) is 11.4 Å². The molecule has 146 valence electrons. The Labute approximate surface area is 164 Å².